The van der Waals surface area contributed by atoms with Crippen molar-refractivity contribution in [2.24, 2.45) is 0 Å². The van der Waals surface area contributed by atoms with Crippen molar-refractivity contribution in [2.45, 2.75) is 44.6 Å². The van der Waals surface area contributed by atoms with Gasteiger partial charge in [0.05, 0.1) is 0 Å². The zero-order valence-electron chi connectivity index (χ0n) is 23.9. The highest BCUT2D eigenvalue weighted by atomic mass is 79.9. The number of benzene rings is 4. The van der Waals surface area contributed by atoms with E-state index in [1.807, 2.05) is 70.1 Å². The molecule has 0 spiro atoms. The molecule has 0 saturated carbocycles. The lowest BCUT2D eigenvalue weighted by Crippen LogP contribution is -3.00. The van der Waals surface area contributed by atoms with Crippen LogP contribution in [0.3, 0.4) is 0 Å². The number of carbonyl (C=O) groups is 2. The lowest BCUT2D eigenvalue weighted by molar-refractivity contribution is -0.657. The van der Waals surface area contributed by atoms with Crippen molar-refractivity contribution in [3.05, 3.63) is 131 Å². The van der Waals surface area contributed by atoms with E-state index in [-0.39, 0.29) is 53.3 Å². The molecule has 2 aliphatic rings. The summed E-state index contributed by atoms with van der Waals surface area (Å²) in [6.07, 6.45) is 2.77. The smallest absolute Gasteiger partial charge is 0.266 e. The largest absolute Gasteiger partial charge is 1.00 e. The van der Waals surface area contributed by atoms with Gasteiger partial charge in [-0.15, -0.1) is 0 Å². The summed E-state index contributed by atoms with van der Waals surface area (Å²) in [4.78, 5) is 31.8. The van der Waals surface area contributed by atoms with Crippen LogP contribution in [0.1, 0.15) is 34.8 Å². The molecular weight excluding hydrogens is 668 g/mol. The molecule has 0 bridgehead atoms. The number of aromatic nitrogens is 2. The summed E-state index contributed by atoms with van der Waals surface area (Å²) < 4.78 is 4.88. The molecule has 2 aliphatic heterocycles. The topological polar surface area (TPSA) is 49.4 Å². The van der Waals surface area contributed by atoms with Crippen molar-refractivity contribution in [2.75, 3.05) is 11.4 Å². The highest BCUT2D eigenvalue weighted by molar-refractivity contribution is 9.10. The molecule has 7 rings (SSSR count). The van der Waals surface area contributed by atoms with E-state index in [1.54, 1.807) is 0 Å². The average Bonchev–Trinajstić information content (AvgIpc) is 3.62. The lowest BCUT2D eigenvalue weighted by atomic mass is 9.81. The second-order valence-electron chi connectivity index (χ2n) is 11.5. The number of nitrogens with zero attached hydrogens (tertiary/aromatic N) is 4. The van der Waals surface area contributed by atoms with E-state index >= 15 is 0 Å². The Morgan fingerprint density at radius 1 is 0.907 bits per heavy atom. The van der Waals surface area contributed by atoms with E-state index in [4.69, 9.17) is 0 Å². The minimum Gasteiger partial charge on any atom is -1.00 e. The van der Waals surface area contributed by atoms with Gasteiger partial charge in [0.15, 0.2) is 24.1 Å². The normalized spacial score (nSPS) is 18.8. The number of hydrogen-bond donors (Lipinski definition) is 0. The Bertz CT molecular complexity index is 1800. The fourth-order valence-corrected chi connectivity index (χ4v) is 7.16. The Hall–Kier alpha value is -3.75. The quantitative estimate of drug-likeness (QED) is 0.194. The third kappa shape index (κ3) is 5.21. The number of amides is 1. The van der Waals surface area contributed by atoms with E-state index in [2.05, 4.69) is 81.2 Å². The summed E-state index contributed by atoms with van der Waals surface area (Å²) in [7, 11) is 0. The number of para-hydroxylation sites is 3. The van der Waals surface area contributed by atoms with Gasteiger partial charge in [-0.05, 0) is 47.9 Å². The Kier molecular flexibility index (Phi) is 8.00. The molecular formula is C35H32Br2N4O2. The van der Waals surface area contributed by atoms with Crippen LogP contribution in [0.25, 0.3) is 11.0 Å². The molecule has 6 nitrogen and oxygen atoms in total. The summed E-state index contributed by atoms with van der Waals surface area (Å²) in [5.74, 6) is 0.110. The molecule has 1 saturated heterocycles. The van der Waals surface area contributed by atoms with Gasteiger partial charge in [-0.2, -0.15) is 0 Å². The van der Waals surface area contributed by atoms with Gasteiger partial charge < -0.3 is 26.8 Å². The van der Waals surface area contributed by atoms with Crippen molar-refractivity contribution in [1.29, 1.82) is 0 Å². The highest BCUT2D eigenvalue weighted by Crippen LogP contribution is 2.52. The zero-order chi connectivity index (χ0) is 28.8. The molecule has 1 fully saturated rings. The molecule has 8 heteroatoms. The summed E-state index contributed by atoms with van der Waals surface area (Å²) in [6, 6.07) is 34.5. The van der Waals surface area contributed by atoms with E-state index in [0.29, 0.717) is 12.1 Å². The number of carbonyl (C=O) groups excluding carboxylic acids is 2. The number of fused-ring (bicyclic) bond motifs is 4. The van der Waals surface area contributed by atoms with E-state index in [0.717, 1.165) is 28.5 Å². The molecule has 1 aromatic heterocycles. The first-order chi connectivity index (χ1) is 20.4. The number of ketones is 1. The average molecular weight is 700 g/mol. The van der Waals surface area contributed by atoms with Crippen LogP contribution in [0.2, 0.25) is 0 Å². The number of Topliss-reactive ketones (excluding diaryl/α,β-unsaturated/α-hetero) is 1. The molecule has 0 radical (unpaired) electrons. The number of anilines is 1. The predicted molar refractivity (Wildman–Crippen MR) is 167 cm³/mol. The Labute approximate surface area is 270 Å². The van der Waals surface area contributed by atoms with Crippen LogP contribution in [-0.4, -0.2) is 33.9 Å². The molecule has 3 heterocycles. The molecule has 2 atom stereocenters. The maximum Gasteiger partial charge on any atom is 0.266 e. The Balaban J connectivity index is 0.00000329. The zero-order valence-corrected chi connectivity index (χ0v) is 27.0. The number of rotatable bonds is 7. The number of hydrogen-bond acceptors (Lipinski definition) is 3. The van der Waals surface area contributed by atoms with Crippen molar-refractivity contribution >= 4 is 44.3 Å². The van der Waals surface area contributed by atoms with Crippen molar-refractivity contribution < 1.29 is 31.1 Å². The van der Waals surface area contributed by atoms with Crippen molar-refractivity contribution in [1.82, 2.24) is 9.47 Å². The fraction of sp³-hybridized carbons (Fsp3) is 0.229. The van der Waals surface area contributed by atoms with Gasteiger partial charge in [-0.1, -0.05) is 95.7 Å². The summed E-state index contributed by atoms with van der Waals surface area (Å²) in [5, 5.41) is 0. The second-order valence-corrected chi connectivity index (χ2v) is 12.5. The van der Waals surface area contributed by atoms with Gasteiger partial charge in [0.1, 0.15) is 6.17 Å². The third-order valence-corrected chi connectivity index (χ3v) is 9.47. The number of halogens is 2. The maximum atomic E-state index is 14.2. The first-order valence-electron chi connectivity index (χ1n) is 14.4. The van der Waals surface area contributed by atoms with Crippen LogP contribution >= 0.6 is 15.9 Å². The van der Waals surface area contributed by atoms with Crippen molar-refractivity contribution in [3.8, 4) is 0 Å². The van der Waals surface area contributed by atoms with Crippen LogP contribution in [0.15, 0.2) is 114 Å². The van der Waals surface area contributed by atoms with E-state index in [1.165, 1.54) is 16.8 Å². The Morgan fingerprint density at radius 3 is 2.40 bits per heavy atom. The van der Waals surface area contributed by atoms with Crippen LogP contribution in [0, 0.1) is 0 Å². The molecule has 43 heavy (non-hydrogen) atoms. The minimum atomic E-state index is -0.142. The summed E-state index contributed by atoms with van der Waals surface area (Å²) in [6.45, 7) is 4.17. The van der Waals surface area contributed by atoms with Gasteiger partial charge in [0.2, 0.25) is 12.1 Å². The SMILES string of the molecule is CC12CCN(C(=O)Cn3c[n+](CC(=O)c4ccc(Br)cc4)c4ccccc43)C1N(Cc1ccccc1)c1ccccc12.[Br-]. The van der Waals surface area contributed by atoms with Gasteiger partial charge in [-0.3, -0.25) is 9.59 Å². The van der Waals surface area contributed by atoms with Gasteiger partial charge in [0, 0.05) is 34.2 Å². The third-order valence-electron chi connectivity index (χ3n) is 8.94. The molecule has 0 aliphatic carbocycles. The Morgan fingerprint density at radius 2 is 1.60 bits per heavy atom. The predicted octanol–water partition coefficient (Wildman–Crippen LogP) is 3.11. The number of likely N-dealkylation sites (tertiary alicyclic amines) is 1. The summed E-state index contributed by atoms with van der Waals surface area (Å²) >= 11 is 3.44. The first-order valence-corrected chi connectivity index (χ1v) is 15.2. The second kappa shape index (κ2) is 11.7. The molecule has 4 aromatic carbocycles. The fourth-order valence-electron chi connectivity index (χ4n) is 6.90. The van der Waals surface area contributed by atoms with Crippen LogP contribution < -0.4 is 26.4 Å². The molecule has 2 unspecified atom stereocenters. The molecule has 1 amide bonds. The van der Waals surface area contributed by atoms with Crippen molar-refractivity contribution in [3.63, 3.8) is 0 Å². The van der Waals surface area contributed by atoms with Crippen LogP contribution in [0.4, 0.5) is 5.69 Å². The molecule has 0 N–H and O–H groups in total. The van der Waals surface area contributed by atoms with Crippen LogP contribution in [0.5, 0.6) is 0 Å². The van der Waals surface area contributed by atoms with Gasteiger partial charge >= 0.3 is 0 Å². The maximum absolute atomic E-state index is 14.2. The standard InChI is InChI=1S/C35H32BrN4O2.BrH/c1-35-19-20-39(34(35)40(21-25-9-3-2-4-10-25)29-12-6-5-11-28(29)35)33(42)23-38-24-37(30-13-7-8-14-31(30)38)22-32(41)26-15-17-27(36)18-16-26;/h2-18,24,34H,19-23H2,1H3;1H/q+1;/p-1. The molecule has 5 aromatic rings. The van der Waals surface area contributed by atoms with E-state index in [9.17, 15) is 9.59 Å². The van der Waals surface area contributed by atoms with Gasteiger partial charge in [-0.25, -0.2) is 9.13 Å². The monoisotopic (exact) mass is 698 g/mol. The summed E-state index contributed by atoms with van der Waals surface area (Å²) in [5.41, 5.74) is 6.14. The van der Waals surface area contributed by atoms with E-state index < -0.39 is 0 Å². The minimum absolute atomic E-state index is 0. The first kappa shape index (κ1) is 29.3. The van der Waals surface area contributed by atoms with Crippen LogP contribution in [-0.2, 0) is 29.8 Å². The highest BCUT2D eigenvalue weighted by Gasteiger charge is 2.55. The number of imidazole rings is 1. The van der Waals surface area contributed by atoms with Gasteiger partial charge in [0.25, 0.3) is 5.91 Å². The molecule has 218 valence electrons. The lowest BCUT2D eigenvalue weighted by Gasteiger charge is -2.36.